The van der Waals surface area contributed by atoms with E-state index in [1.54, 1.807) is 0 Å². The first-order chi connectivity index (χ1) is 13.6. The maximum atomic E-state index is 12.9. The summed E-state index contributed by atoms with van der Waals surface area (Å²) in [5.74, 6) is 0.202. The zero-order valence-electron chi connectivity index (χ0n) is 18.1. The Hall–Kier alpha value is -1.59. The molecule has 0 aromatic heterocycles. The van der Waals surface area contributed by atoms with Gasteiger partial charge in [0.1, 0.15) is 6.04 Å². The quantitative estimate of drug-likeness (QED) is 0.300. The Balaban J connectivity index is 0.00000420. The van der Waals surface area contributed by atoms with Gasteiger partial charge < -0.3 is 41.6 Å². The van der Waals surface area contributed by atoms with Crippen LogP contribution < -0.4 is 41.6 Å². The van der Waals surface area contributed by atoms with Crippen LogP contribution in [0.1, 0.15) is 42.4 Å². The first kappa shape index (κ1) is 28.4. The summed E-state index contributed by atoms with van der Waals surface area (Å²) in [6, 6.07) is 19.3. The van der Waals surface area contributed by atoms with Crippen molar-refractivity contribution in [1.29, 1.82) is 0 Å². The molecule has 0 heterocycles. The average Bonchev–Trinajstić information content (AvgIpc) is 2.72. The van der Waals surface area contributed by atoms with E-state index in [2.05, 4.69) is 72.2 Å². The Labute approximate surface area is 194 Å². The van der Waals surface area contributed by atoms with Crippen molar-refractivity contribution in [3.8, 4) is 0 Å². The SMILES string of the molecule is Cc1ccc(CCC(CCc2ccccc2)C(=O)NC[C@@H]([NH3+])CCC[NH3+])cc1.[Cl-].[Cl-]. The Kier molecular flexibility index (Phi) is 15.3. The number of amides is 1. The molecule has 2 rings (SSSR count). The molecular formula is C24H37Cl2N3O. The predicted molar refractivity (Wildman–Crippen MR) is 114 cm³/mol. The highest BCUT2D eigenvalue weighted by Gasteiger charge is 2.19. The molecule has 1 amide bonds. The fourth-order valence-corrected chi connectivity index (χ4v) is 3.41. The van der Waals surface area contributed by atoms with E-state index in [1.807, 2.05) is 6.07 Å². The van der Waals surface area contributed by atoms with E-state index in [0.29, 0.717) is 6.54 Å². The van der Waals surface area contributed by atoms with E-state index in [1.165, 1.54) is 16.7 Å². The molecule has 7 N–H and O–H groups in total. The second-order valence-corrected chi connectivity index (χ2v) is 7.85. The van der Waals surface area contributed by atoms with Crippen LogP contribution >= 0.6 is 0 Å². The summed E-state index contributed by atoms with van der Waals surface area (Å²) in [7, 11) is 0. The van der Waals surface area contributed by atoms with Crippen molar-refractivity contribution in [2.75, 3.05) is 13.1 Å². The summed E-state index contributed by atoms with van der Waals surface area (Å²) in [6.45, 7) is 3.69. The van der Waals surface area contributed by atoms with Crippen molar-refractivity contribution in [3.05, 3.63) is 71.3 Å². The maximum Gasteiger partial charge on any atom is 0.223 e. The van der Waals surface area contributed by atoms with Gasteiger partial charge in [0.25, 0.3) is 0 Å². The van der Waals surface area contributed by atoms with Crippen LogP contribution in [-0.2, 0) is 17.6 Å². The van der Waals surface area contributed by atoms with Crippen LogP contribution in [-0.4, -0.2) is 25.0 Å². The van der Waals surface area contributed by atoms with Crippen molar-refractivity contribution in [1.82, 2.24) is 5.32 Å². The third-order valence-electron chi connectivity index (χ3n) is 5.32. The number of halogens is 2. The topological polar surface area (TPSA) is 84.4 Å². The fraction of sp³-hybridized carbons (Fsp3) is 0.458. The van der Waals surface area contributed by atoms with E-state index >= 15 is 0 Å². The van der Waals surface area contributed by atoms with Gasteiger partial charge in [-0.1, -0.05) is 60.2 Å². The number of nitrogens with one attached hydrogen (secondary N) is 1. The second kappa shape index (κ2) is 16.1. The third-order valence-corrected chi connectivity index (χ3v) is 5.32. The van der Waals surface area contributed by atoms with Gasteiger partial charge >= 0.3 is 0 Å². The van der Waals surface area contributed by atoms with Crippen LogP contribution in [0.15, 0.2) is 54.6 Å². The maximum absolute atomic E-state index is 12.9. The van der Waals surface area contributed by atoms with E-state index in [0.717, 1.165) is 45.1 Å². The Morgan fingerprint density at radius 1 is 0.900 bits per heavy atom. The molecule has 2 aromatic rings. The van der Waals surface area contributed by atoms with Crippen LogP contribution in [0.25, 0.3) is 0 Å². The molecule has 4 nitrogen and oxygen atoms in total. The molecule has 168 valence electrons. The molecule has 2 atom stereocenters. The van der Waals surface area contributed by atoms with Gasteiger partial charge in [-0.05, 0) is 43.7 Å². The van der Waals surface area contributed by atoms with E-state index < -0.39 is 0 Å². The number of carbonyl (C=O) groups excluding carboxylic acids is 1. The summed E-state index contributed by atoms with van der Waals surface area (Å²) in [4.78, 5) is 12.9. The van der Waals surface area contributed by atoms with Gasteiger partial charge in [0.2, 0.25) is 5.91 Å². The lowest BCUT2D eigenvalue weighted by atomic mass is 9.92. The van der Waals surface area contributed by atoms with Gasteiger partial charge in [-0.2, -0.15) is 0 Å². The van der Waals surface area contributed by atoms with Crippen molar-refractivity contribution in [2.24, 2.45) is 5.92 Å². The Morgan fingerprint density at radius 2 is 1.47 bits per heavy atom. The molecule has 0 aliphatic heterocycles. The smallest absolute Gasteiger partial charge is 0.223 e. The Morgan fingerprint density at radius 3 is 2.03 bits per heavy atom. The van der Waals surface area contributed by atoms with Gasteiger partial charge in [0.15, 0.2) is 0 Å². The van der Waals surface area contributed by atoms with Crippen molar-refractivity contribution in [3.63, 3.8) is 0 Å². The number of aryl methyl sites for hydroxylation is 3. The van der Waals surface area contributed by atoms with E-state index in [4.69, 9.17) is 0 Å². The molecule has 0 aliphatic carbocycles. The second-order valence-electron chi connectivity index (χ2n) is 7.85. The lowest BCUT2D eigenvalue weighted by molar-refractivity contribution is -0.423. The zero-order chi connectivity index (χ0) is 20.2. The fourth-order valence-electron chi connectivity index (χ4n) is 3.41. The normalized spacial score (nSPS) is 12.2. The molecule has 0 bridgehead atoms. The van der Waals surface area contributed by atoms with Gasteiger partial charge in [0.05, 0.1) is 13.1 Å². The van der Waals surface area contributed by atoms with E-state index in [-0.39, 0.29) is 42.7 Å². The number of hydrogen-bond acceptors (Lipinski definition) is 1. The molecular weight excluding hydrogens is 417 g/mol. The van der Waals surface area contributed by atoms with Gasteiger partial charge in [-0.15, -0.1) is 0 Å². The molecule has 1 unspecified atom stereocenters. The summed E-state index contributed by atoms with van der Waals surface area (Å²) in [5.41, 5.74) is 11.9. The molecule has 30 heavy (non-hydrogen) atoms. The number of rotatable bonds is 12. The molecule has 2 aromatic carbocycles. The molecule has 0 saturated carbocycles. The average molecular weight is 454 g/mol. The monoisotopic (exact) mass is 453 g/mol. The van der Waals surface area contributed by atoms with Crippen LogP contribution in [0.5, 0.6) is 0 Å². The van der Waals surface area contributed by atoms with Crippen LogP contribution in [0.4, 0.5) is 0 Å². The minimum atomic E-state index is 0. The standard InChI is InChI=1S/C24H35N3O.2ClH/c1-19-9-11-21(12-10-19)14-16-22(15-13-20-6-3-2-4-7-20)24(28)27-18-23(26)8-5-17-25;;/h2-4,6-7,9-12,22-23H,5,8,13-18,25-26H2,1H3,(H,27,28);2*1H/t22?,23-;;/m0../s1. The first-order valence-electron chi connectivity index (χ1n) is 10.6. The lowest BCUT2D eigenvalue weighted by Gasteiger charge is -2.18. The summed E-state index contributed by atoms with van der Waals surface area (Å²) in [6.07, 6.45) is 5.70. The molecule has 0 radical (unpaired) electrons. The molecule has 0 fully saturated rings. The van der Waals surface area contributed by atoms with Crippen LogP contribution in [0.3, 0.4) is 0 Å². The molecule has 0 saturated heterocycles. The lowest BCUT2D eigenvalue weighted by Crippen LogP contribution is -3.00. The number of benzene rings is 2. The number of quaternary nitrogens is 2. The Bertz CT molecular complexity index is 695. The zero-order valence-corrected chi connectivity index (χ0v) is 19.6. The van der Waals surface area contributed by atoms with Crippen LogP contribution in [0.2, 0.25) is 0 Å². The highest BCUT2D eigenvalue weighted by molar-refractivity contribution is 5.78. The largest absolute Gasteiger partial charge is 1.00 e. The predicted octanol–water partition coefficient (Wildman–Crippen LogP) is -4.07. The van der Waals surface area contributed by atoms with Crippen molar-refractivity contribution >= 4 is 5.91 Å². The highest BCUT2D eigenvalue weighted by Crippen LogP contribution is 2.17. The third kappa shape index (κ3) is 11.0. The first-order valence-corrected chi connectivity index (χ1v) is 10.6. The van der Waals surface area contributed by atoms with Gasteiger partial charge in [-0.3, -0.25) is 4.79 Å². The van der Waals surface area contributed by atoms with Gasteiger partial charge in [-0.25, -0.2) is 0 Å². The summed E-state index contributed by atoms with van der Waals surface area (Å²) in [5, 5.41) is 3.15. The van der Waals surface area contributed by atoms with Gasteiger partial charge in [0, 0.05) is 18.8 Å². The van der Waals surface area contributed by atoms with Crippen molar-refractivity contribution in [2.45, 2.75) is 51.5 Å². The molecule has 0 aliphatic rings. The van der Waals surface area contributed by atoms with Crippen LogP contribution in [0, 0.1) is 12.8 Å². The van der Waals surface area contributed by atoms with Crippen molar-refractivity contribution < 1.29 is 41.1 Å². The minimum absolute atomic E-state index is 0. The molecule has 6 heteroatoms. The number of hydrogen-bond donors (Lipinski definition) is 3. The summed E-state index contributed by atoms with van der Waals surface area (Å²) >= 11 is 0. The number of carbonyl (C=O) groups is 1. The molecule has 0 spiro atoms. The minimum Gasteiger partial charge on any atom is -1.00 e. The van der Waals surface area contributed by atoms with E-state index in [9.17, 15) is 4.79 Å². The highest BCUT2D eigenvalue weighted by atomic mass is 35.5. The summed E-state index contributed by atoms with van der Waals surface area (Å²) < 4.78 is 0.